The van der Waals surface area contributed by atoms with E-state index in [0.29, 0.717) is 19.6 Å². The Morgan fingerprint density at radius 1 is 1.35 bits per heavy atom. The van der Waals surface area contributed by atoms with E-state index >= 15 is 0 Å². The molecule has 2 amide bonds. The molecule has 1 saturated heterocycles. The summed E-state index contributed by atoms with van der Waals surface area (Å²) in [4.78, 5) is 26.0. The number of hydrogen-bond donors (Lipinski definition) is 1. The third-order valence-corrected chi connectivity index (χ3v) is 4.37. The molecule has 0 spiro atoms. The molecule has 0 unspecified atom stereocenters. The van der Waals surface area contributed by atoms with Crippen LogP contribution in [0.4, 0.5) is 0 Å². The Bertz CT molecular complexity index is 571. The van der Waals surface area contributed by atoms with Gasteiger partial charge in [-0.25, -0.2) is 0 Å². The molecule has 1 aromatic carbocycles. The van der Waals surface area contributed by atoms with Crippen LogP contribution < -0.4 is 5.32 Å². The number of piperidine rings is 1. The van der Waals surface area contributed by atoms with Gasteiger partial charge in [-0.05, 0) is 37.8 Å². The van der Waals surface area contributed by atoms with Gasteiger partial charge in [0.2, 0.25) is 11.8 Å². The maximum atomic E-state index is 12.4. The van der Waals surface area contributed by atoms with Gasteiger partial charge in [0, 0.05) is 26.7 Å². The van der Waals surface area contributed by atoms with Crippen LogP contribution in [0.25, 0.3) is 0 Å². The van der Waals surface area contributed by atoms with Gasteiger partial charge in [-0.2, -0.15) is 0 Å². The van der Waals surface area contributed by atoms with Gasteiger partial charge >= 0.3 is 0 Å². The molecule has 1 aliphatic rings. The molecule has 1 fully saturated rings. The number of aryl methyl sites for hydroxylation is 2. The van der Waals surface area contributed by atoms with Crippen LogP contribution in [-0.4, -0.2) is 43.5 Å². The lowest BCUT2D eigenvalue weighted by Gasteiger charge is -2.32. The van der Waals surface area contributed by atoms with Crippen molar-refractivity contribution in [2.45, 2.75) is 33.2 Å². The van der Waals surface area contributed by atoms with E-state index in [1.54, 1.807) is 4.90 Å². The highest BCUT2D eigenvalue weighted by molar-refractivity contribution is 5.81. The standard InChI is InChI=1S/C18H26N2O3/c1-13-6-7-14(2)16(9-13)10-19-18(22)15-5-4-8-20(11-15)17(21)12-23-3/h6-7,9,15H,4-5,8,10-12H2,1-3H3,(H,19,22)/t15-/m0/s1. The molecule has 5 nitrogen and oxygen atoms in total. The molecule has 0 saturated carbocycles. The van der Waals surface area contributed by atoms with Crippen LogP contribution in [0.15, 0.2) is 18.2 Å². The predicted octanol–water partition coefficient (Wildman–Crippen LogP) is 1.80. The first-order valence-electron chi connectivity index (χ1n) is 8.12. The van der Waals surface area contributed by atoms with Crippen molar-refractivity contribution < 1.29 is 14.3 Å². The molecule has 0 aliphatic carbocycles. The first kappa shape index (κ1) is 17.5. The van der Waals surface area contributed by atoms with Gasteiger partial charge in [-0.15, -0.1) is 0 Å². The van der Waals surface area contributed by atoms with Gasteiger partial charge in [-0.1, -0.05) is 23.8 Å². The number of hydrogen-bond acceptors (Lipinski definition) is 3. The van der Waals surface area contributed by atoms with E-state index in [9.17, 15) is 9.59 Å². The summed E-state index contributed by atoms with van der Waals surface area (Å²) in [5, 5.41) is 3.02. The van der Waals surface area contributed by atoms with Gasteiger partial charge < -0.3 is 15.0 Å². The number of rotatable bonds is 5. The normalized spacial score (nSPS) is 17.9. The van der Waals surface area contributed by atoms with Crippen molar-refractivity contribution in [2.75, 3.05) is 26.8 Å². The topological polar surface area (TPSA) is 58.6 Å². The second kappa shape index (κ2) is 8.11. The Labute approximate surface area is 138 Å². The number of carbonyl (C=O) groups excluding carboxylic acids is 2. The van der Waals surface area contributed by atoms with Crippen molar-refractivity contribution in [2.24, 2.45) is 5.92 Å². The van der Waals surface area contributed by atoms with E-state index in [1.165, 1.54) is 18.2 Å². The maximum Gasteiger partial charge on any atom is 0.248 e. The summed E-state index contributed by atoms with van der Waals surface area (Å²) in [6, 6.07) is 6.24. The van der Waals surface area contributed by atoms with Crippen molar-refractivity contribution >= 4 is 11.8 Å². The predicted molar refractivity (Wildman–Crippen MR) is 88.9 cm³/mol. The van der Waals surface area contributed by atoms with E-state index in [0.717, 1.165) is 18.4 Å². The number of carbonyl (C=O) groups is 2. The van der Waals surface area contributed by atoms with Crippen molar-refractivity contribution in [3.8, 4) is 0 Å². The lowest BCUT2D eigenvalue weighted by Crippen LogP contribution is -2.46. The third kappa shape index (κ3) is 4.79. The SMILES string of the molecule is COCC(=O)N1CCC[C@H](C(=O)NCc2cc(C)ccc2C)C1. The molecule has 1 N–H and O–H groups in total. The summed E-state index contributed by atoms with van der Waals surface area (Å²) in [6.07, 6.45) is 1.69. The number of likely N-dealkylation sites (tertiary alicyclic amines) is 1. The fourth-order valence-corrected chi connectivity index (χ4v) is 2.95. The molecule has 126 valence electrons. The summed E-state index contributed by atoms with van der Waals surface area (Å²) in [5.41, 5.74) is 3.51. The molecule has 1 aliphatic heterocycles. The average molecular weight is 318 g/mol. The van der Waals surface area contributed by atoms with Crippen LogP contribution in [0.5, 0.6) is 0 Å². The lowest BCUT2D eigenvalue weighted by atomic mass is 9.96. The van der Waals surface area contributed by atoms with Crippen molar-refractivity contribution in [1.29, 1.82) is 0 Å². The molecule has 0 aromatic heterocycles. The highest BCUT2D eigenvalue weighted by Gasteiger charge is 2.28. The summed E-state index contributed by atoms with van der Waals surface area (Å²) in [5.74, 6) is -0.143. The van der Waals surface area contributed by atoms with E-state index in [2.05, 4.69) is 23.5 Å². The van der Waals surface area contributed by atoms with Crippen LogP contribution in [-0.2, 0) is 20.9 Å². The minimum absolute atomic E-state index is 0.0285. The second-order valence-electron chi connectivity index (χ2n) is 6.26. The summed E-state index contributed by atoms with van der Waals surface area (Å²) in [6.45, 7) is 5.91. The zero-order chi connectivity index (χ0) is 16.8. The molecule has 1 atom stereocenters. The van der Waals surface area contributed by atoms with Crippen LogP contribution in [0.1, 0.15) is 29.5 Å². The molecular weight excluding hydrogens is 292 g/mol. The van der Waals surface area contributed by atoms with Crippen LogP contribution >= 0.6 is 0 Å². The van der Waals surface area contributed by atoms with Crippen molar-refractivity contribution in [3.63, 3.8) is 0 Å². The zero-order valence-electron chi connectivity index (χ0n) is 14.2. The summed E-state index contributed by atoms with van der Waals surface area (Å²) >= 11 is 0. The molecule has 1 heterocycles. The zero-order valence-corrected chi connectivity index (χ0v) is 14.2. The number of nitrogens with one attached hydrogen (secondary N) is 1. The Hall–Kier alpha value is -1.88. The van der Waals surface area contributed by atoms with Crippen molar-refractivity contribution in [1.82, 2.24) is 10.2 Å². The van der Waals surface area contributed by atoms with Gasteiger partial charge in [0.25, 0.3) is 0 Å². The number of benzene rings is 1. The summed E-state index contributed by atoms with van der Waals surface area (Å²) < 4.78 is 4.89. The average Bonchev–Trinajstić information content (AvgIpc) is 2.55. The molecule has 1 aromatic rings. The molecular formula is C18H26N2O3. The fourth-order valence-electron chi connectivity index (χ4n) is 2.95. The Kier molecular flexibility index (Phi) is 6.16. The quantitative estimate of drug-likeness (QED) is 0.901. The largest absolute Gasteiger partial charge is 0.375 e. The van der Waals surface area contributed by atoms with E-state index < -0.39 is 0 Å². The van der Waals surface area contributed by atoms with Crippen molar-refractivity contribution in [3.05, 3.63) is 34.9 Å². The lowest BCUT2D eigenvalue weighted by molar-refractivity contribution is -0.139. The molecule has 2 rings (SSSR count). The van der Waals surface area contributed by atoms with Gasteiger partial charge in [-0.3, -0.25) is 9.59 Å². The first-order chi connectivity index (χ1) is 11.0. The molecule has 23 heavy (non-hydrogen) atoms. The van der Waals surface area contributed by atoms with E-state index in [-0.39, 0.29) is 24.3 Å². The number of methoxy groups -OCH3 is 1. The monoisotopic (exact) mass is 318 g/mol. The summed E-state index contributed by atoms with van der Waals surface area (Å²) in [7, 11) is 1.51. The smallest absolute Gasteiger partial charge is 0.248 e. The van der Waals surface area contributed by atoms with Gasteiger partial charge in [0.1, 0.15) is 6.61 Å². The highest BCUT2D eigenvalue weighted by atomic mass is 16.5. The van der Waals surface area contributed by atoms with Gasteiger partial charge in [0.15, 0.2) is 0 Å². The van der Waals surface area contributed by atoms with Gasteiger partial charge in [0.05, 0.1) is 5.92 Å². The maximum absolute atomic E-state index is 12.4. The van der Waals surface area contributed by atoms with E-state index in [1.807, 2.05) is 13.8 Å². The van der Waals surface area contributed by atoms with Crippen LogP contribution in [0.3, 0.4) is 0 Å². The Balaban J connectivity index is 1.90. The fraction of sp³-hybridized carbons (Fsp3) is 0.556. The molecule has 0 bridgehead atoms. The number of ether oxygens (including phenoxy) is 1. The van der Waals surface area contributed by atoms with E-state index in [4.69, 9.17) is 4.74 Å². The molecule has 5 heteroatoms. The highest BCUT2D eigenvalue weighted by Crippen LogP contribution is 2.17. The molecule has 0 radical (unpaired) electrons. The number of amides is 2. The number of nitrogens with zero attached hydrogens (tertiary/aromatic N) is 1. The minimum atomic E-state index is -0.130. The Morgan fingerprint density at radius 2 is 2.13 bits per heavy atom. The minimum Gasteiger partial charge on any atom is -0.375 e. The first-order valence-corrected chi connectivity index (χ1v) is 8.12. The Morgan fingerprint density at radius 3 is 2.87 bits per heavy atom. The van der Waals surface area contributed by atoms with Crippen LogP contribution in [0, 0.1) is 19.8 Å². The second-order valence-corrected chi connectivity index (χ2v) is 6.26. The van der Waals surface area contributed by atoms with Crippen LogP contribution in [0.2, 0.25) is 0 Å². The third-order valence-electron chi connectivity index (χ3n) is 4.37.